The van der Waals surface area contributed by atoms with Crippen molar-refractivity contribution in [1.82, 2.24) is 30.5 Å². The van der Waals surface area contributed by atoms with E-state index in [-0.39, 0.29) is 48.6 Å². The highest BCUT2D eigenvalue weighted by molar-refractivity contribution is 8.07. The molecule has 2 heterocycles. The highest BCUT2D eigenvalue weighted by Crippen LogP contribution is 2.43. The van der Waals surface area contributed by atoms with Gasteiger partial charge in [-0.1, -0.05) is 30.1 Å². The Labute approximate surface area is 428 Å². The third-order valence-corrected chi connectivity index (χ3v) is 16.3. The summed E-state index contributed by atoms with van der Waals surface area (Å²) in [6.07, 6.45) is -0.225. The van der Waals surface area contributed by atoms with E-state index in [9.17, 15) is 41.7 Å². The maximum Gasteiger partial charge on any atom is 0.319 e. The number of ether oxygens (including phenoxy) is 2. The minimum atomic E-state index is -4.52. The molecule has 2 aliphatic carbocycles. The molecule has 380 valence electrons. The normalized spacial score (nSPS) is 20.0. The molecule has 4 aromatic carbocycles. The maximum absolute atomic E-state index is 13.6. The number of carbonyl (C=O) groups excluding carboxylic acids is 3. The van der Waals surface area contributed by atoms with Gasteiger partial charge in [0, 0.05) is 93.5 Å². The van der Waals surface area contributed by atoms with E-state index in [0.29, 0.717) is 64.8 Å². The Balaban J connectivity index is 0.904. The van der Waals surface area contributed by atoms with Crippen molar-refractivity contribution in [3.8, 4) is 23.6 Å². The predicted octanol–water partition coefficient (Wildman–Crippen LogP) is 5.11. The van der Waals surface area contributed by atoms with Crippen LogP contribution in [0.5, 0.6) is 11.5 Å². The first-order valence-corrected chi connectivity index (χ1v) is 27.4. The second-order valence-corrected chi connectivity index (χ2v) is 22.1. The van der Waals surface area contributed by atoms with E-state index in [2.05, 4.69) is 47.9 Å². The Kier molecular flexibility index (Phi) is 16.6. The first-order valence-electron chi connectivity index (χ1n) is 23.7. The van der Waals surface area contributed by atoms with Crippen LogP contribution in [0.4, 0.5) is 16.2 Å². The smallest absolute Gasteiger partial charge is 0.319 e. The number of anilines is 2. The van der Waals surface area contributed by atoms with Gasteiger partial charge in [-0.2, -0.15) is 18.9 Å². The largest absolute Gasteiger partial charge is 0.484 e. The minimum Gasteiger partial charge on any atom is -0.484 e. The zero-order valence-electron chi connectivity index (χ0n) is 39.3. The molecule has 19 nitrogen and oxygen atoms in total. The monoisotopic (exact) mass is 1060 g/mol. The lowest BCUT2D eigenvalue weighted by Gasteiger charge is -2.36. The van der Waals surface area contributed by atoms with Gasteiger partial charge in [0.25, 0.3) is 25.2 Å². The van der Waals surface area contributed by atoms with E-state index in [4.69, 9.17) is 32.7 Å². The van der Waals surface area contributed by atoms with Gasteiger partial charge in [0.05, 0.1) is 41.0 Å². The van der Waals surface area contributed by atoms with Gasteiger partial charge in [-0.3, -0.25) is 24.1 Å². The average Bonchev–Trinajstić information content (AvgIpc) is 3.90. The van der Waals surface area contributed by atoms with Gasteiger partial charge in [-0.15, -0.1) is 0 Å². The van der Waals surface area contributed by atoms with Gasteiger partial charge in [0.15, 0.2) is 0 Å². The van der Waals surface area contributed by atoms with E-state index < -0.39 is 60.6 Å². The van der Waals surface area contributed by atoms with Crippen LogP contribution in [0.1, 0.15) is 78.2 Å². The lowest BCUT2D eigenvalue weighted by Crippen LogP contribution is -2.50. The summed E-state index contributed by atoms with van der Waals surface area (Å²) in [7, 11) is -9.03. The number of nitrogens with one attached hydrogen (secondary N) is 6. The fourth-order valence-corrected chi connectivity index (χ4v) is 12.3. The molecule has 3 amide bonds. The Morgan fingerprint density at radius 1 is 0.736 bits per heavy atom. The molecule has 0 aromatic heterocycles. The second-order valence-electron chi connectivity index (χ2n) is 17.9. The predicted molar refractivity (Wildman–Crippen MR) is 270 cm³/mol. The van der Waals surface area contributed by atoms with Crippen molar-refractivity contribution < 1.29 is 40.7 Å². The molecule has 4 aromatic rings. The van der Waals surface area contributed by atoms with Crippen molar-refractivity contribution in [3.05, 3.63) is 110 Å². The number of nitriles is 2. The standard InChI is InChI=1S/C49H54Cl2N10O9S2/c1-2-4-45(62)59-71(65,66)44-11-10-36(70-48-40-24-33(51)22-31(29-53)38(40)27-43(48)61-19-15-55-16-20-61)25-41(44)57-49(64)56-12-3-5-46(63)72(67,68)58-34-6-8-35(9-7-34)69-47-39-23-32(50)21-30(28-52)37(39)26-42(47)60-17-13-54-14-18-60/h6-11,21-25,42-43,47-48,54-55,58H,2-5,12-20,26-27H2,1H3,(H,59,62)(H2,56,57,64)/t42-,43-,47-,48-/m0/s1. The molecule has 0 spiro atoms. The van der Waals surface area contributed by atoms with E-state index >= 15 is 0 Å². The van der Waals surface area contributed by atoms with E-state index in [1.54, 1.807) is 37.3 Å². The molecule has 0 saturated carbocycles. The molecule has 2 fully saturated rings. The Hall–Kier alpha value is -6.01. The summed E-state index contributed by atoms with van der Waals surface area (Å²) in [6, 6.07) is 20.2. The fourth-order valence-electron chi connectivity index (χ4n) is 9.72. The average molecular weight is 1060 g/mol. The van der Waals surface area contributed by atoms with Crippen LogP contribution in [-0.4, -0.2) is 115 Å². The molecule has 23 heteroatoms. The number of amides is 3. The lowest BCUT2D eigenvalue weighted by molar-refractivity contribution is -0.119. The summed E-state index contributed by atoms with van der Waals surface area (Å²) in [6.45, 7) is 7.68. The number of carbonyl (C=O) groups is 3. The van der Waals surface area contributed by atoms with Crippen LogP contribution in [0.25, 0.3) is 0 Å². The molecule has 8 rings (SSSR count). The number of sulfonamides is 2. The number of hydrogen-bond donors (Lipinski definition) is 6. The number of fused-ring (bicyclic) bond motifs is 2. The van der Waals surface area contributed by atoms with Gasteiger partial charge in [-0.25, -0.2) is 17.9 Å². The Bertz CT molecular complexity index is 3030. The molecular formula is C49H54Cl2N10O9S2. The van der Waals surface area contributed by atoms with Crippen molar-refractivity contribution in [2.24, 2.45) is 0 Å². The first-order chi connectivity index (χ1) is 34.6. The van der Waals surface area contributed by atoms with Gasteiger partial charge >= 0.3 is 6.03 Å². The first kappa shape index (κ1) is 52.3. The van der Waals surface area contributed by atoms with Crippen LogP contribution in [-0.2, 0) is 42.5 Å². The van der Waals surface area contributed by atoms with Crippen molar-refractivity contribution in [2.45, 2.75) is 74.6 Å². The maximum atomic E-state index is 13.6. The number of benzene rings is 4. The third kappa shape index (κ3) is 12.1. The Morgan fingerprint density at radius 3 is 1.79 bits per heavy atom. The van der Waals surface area contributed by atoms with Gasteiger partial charge < -0.3 is 30.7 Å². The number of rotatable bonds is 17. The number of nitrogens with zero attached hydrogens (tertiary/aromatic N) is 4. The highest BCUT2D eigenvalue weighted by atomic mass is 35.5. The molecule has 72 heavy (non-hydrogen) atoms. The summed E-state index contributed by atoms with van der Waals surface area (Å²) in [4.78, 5) is 43.0. The summed E-state index contributed by atoms with van der Waals surface area (Å²) in [5, 5.41) is 31.2. The van der Waals surface area contributed by atoms with E-state index in [1.165, 1.54) is 30.3 Å². The number of halogens is 2. The van der Waals surface area contributed by atoms with E-state index in [1.807, 2.05) is 10.8 Å². The number of hydrogen-bond acceptors (Lipinski definition) is 15. The van der Waals surface area contributed by atoms with Crippen LogP contribution in [0.3, 0.4) is 0 Å². The van der Waals surface area contributed by atoms with Crippen molar-refractivity contribution >= 4 is 71.7 Å². The molecule has 0 radical (unpaired) electrons. The highest BCUT2D eigenvalue weighted by Gasteiger charge is 2.42. The van der Waals surface area contributed by atoms with Gasteiger partial charge in [-0.05, 0) is 109 Å². The van der Waals surface area contributed by atoms with Crippen molar-refractivity contribution in [3.63, 3.8) is 0 Å². The molecule has 4 aliphatic rings. The summed E-state index contributed by atoms with van der Waals surface area (Å²) >= 11 is 12.9. The quantitative estimate of drug-likeness (QED) is 0.0751. The lowest BCUT2D eigenvalue weighted by atomic mass is 10.0. The van der Waals surface area contributed by atoms with Crippen molar-refractivity contribution in [1.29, 1.82) is 10.5 Å². The summed E-state index contributed by atoms with van der Waals surface area (Å²) in [5.74, 6) is -0.131. The third-order valence-electron chi connectivity index (χ3n) is 13.1. The molecule has 6 N–H and O–H groups in total. The molecule has 2 saturated heterocycles. The zero-order valence-corrected chi connectivity index (χ0v) is 42.4. The second kappa shape index (κ2) is 22.8. The number of urea groups is 1. The Morgan fingerprint density at radius 2 is 1.26 bits per heavy atom. The topological polar surface area (TPSA) is 264 Å². The van der Waals surface area contributed by atoms with Crippen LogP contribution in [0.15, 0.2) is 71.6 Å². The zero-order chi connectivity index (χ0) is 51.2. The van der Waals surface area contributed by atoms with Crippen LogP contribution >= 0.6 is 23.2 Å². The SMILES string of the molecule is CCCC(=O)NS(=O)(=O)c1ccc(O[C@H]2c3cc(Cl)cc(C#N)c3C[C@@H]2N2CCNCC2)cc1NC(=O)NCCCC(=O)S(=O)(=O)Nc1ccc(O[C@H]2c3cc(Cl)cc(C#N)c3C[C@@H]2N2CCNCC2)cc1. The van der Waals surface area contributed by atoms with Crippen LogP contribution < -0.4 is 40.2 Å². The molecule has 4 atom stereocenters. The van der Waals surface area contributed by atoms with Gasteiger partial charge in [0.2, 0.25) is 5.91 Å². The van der Waals surface area contributed by atoms with E-state index in [0.717, 1.165) is 56.0 Å². The van der Waals surface area contributed by atoms with Gasteiger partial charge in [0.1, 0.15) is 28.6 Å². The van der Waals surface area contributed by atoms with Crippen LogP contribution in [0.2, 0.25) is 10.0 Å². The van der Waals surface area contributed by atoms with Crippen molar-refractivity contribution in [2.75, 3.05) is 68.9 Å². The summed E-state index contributed by atoms with van der Waals surface area (Å²) < 4.78 is 70.9. The minimum absolute atomic E-state index is 0.0621. The molecular weight excluding hydrogens is 1010 g/mol. The molecule has 0 bridgehead atoms. The van der Waals surface area contributed by atoms with Crippen LogP contribution in [0, 0.1) is 22.7 Å². The number of piperazine rings is 2. The molecule has 2 aliphatic heterocycles. The summed E-state index contributed by atoms with van der Waals surface area (Å²) in [5.41, 5.74) is 4.02. The molecule has 0 unspecified atom stereocenters. The fraction of sp³-hybridized carbons (Fsp3) is 0.408.